The number of piperidine rings is 1. The number of nitrogens with one attached hydrogen (secondary N) is 1. The average molecular weight is 428 g/mol. The fraction of sp³-hybridized carbons (Fsp3) is 0.619. The highest BCUT2D eigenvalue weighted by Gasteiger charge is 2.44. The molecule has 0 atom stereocenters. The molecule has 2 aliphatic heterocycles. The Morgan fingerprint density at radius 2 is 1.77 bits per heavy atom. The Balaban J connectivity index is 1.40. The lowest BCUT2D eigenvalue weighted by Gasteiger charge is -2.40. The van der Waals surface area contributed by atoms with Gasteiger partial charge < -0.3 is 24.0 Å². The van der Waals surface area contributed by atoms with Gasteiger partial charge in [-0.1, -0.05) is 0 Å². The molecule has 0 amide bonds. The predicted octanol–water partition coefficient (Wildman–Crippen LogP) is 0.898. The van der Waals surface area contributed by atoms with Crippen LogP contribution in [0.15, 0.2) is 10.9 Å². The summed E-state index contributed by atoms with van der Waals surface area (Å²) in [6.07, 6.45) is 3.60. The van der Waals surface area contributed by atoms with Crippen LogP contribution < -0.4 is 24.8 Å². The van der Waals surface area contributed by atoms with Crippen LogP contribution in [0.25, 0.3) is 0 Å². The highest BCUT2D eigenvalue weighted by atomic mass is 16.5. The molecule has 10 nitrogen and oxygen atoms in total. The van der Waals surface area contributed by atoms with Gasteiger partial charge in [0, 0.05) is 43.2 Å². The van der Waals surface area contributed by atoms with Crippen LogP contribution in [-0.2, 0) is 16.6 Å². The molecule has 2 saturated heterocycles. The van der Waals surface area contributed by atoms with E-state index in [1.54, 1.807) is 14.2 Å². The van der Waals surface area contributed by atoms with E-state index < -0.39 is 0 Å². The number of methoxy groups -OCH3 is 2. The van der Waals surface area contributed by atoms with Crippen LogP contribution in [0.2, 0.25) is 0 Å². The Morgan fingerprint density at radius 3 is 2.48 bits per heavy atom. The molecule has 0 saturated carbocycles. The van der Waals surface area contributed by atoms with Crippen LogP contribution >= 0.6 is 0 Å². The molecule has 1 aliphatic carbocycles. The van der Waals surface area contributed by atoms with E-state index >= 15 is 0 Å². The van der Waals surface area contributed by atoms with Crippen molar-refractivity contribution in [3.63, 3.8) is 0 Å². The van der Waals surface area contributed by atoms with E-state index in [-0.39, 0.29) is 11.0 Å². The van der Waals surface area contributed by atoms with E-state index in [1.165, 1.54) is 0 Å². The minimum absolute atomic E-state index is 0.0102. The third kappa shape index (κ3) is 3.58. The summed E-state index contributed by atoms with van der Waals surface area (Å²) in [5, 5.41) is 0. The van der Waals surface area contributed by atoms with Gasteiger partial charge in [0.05, 0.1) is 33.1 Å². The highest BCUT2D eigenvalue weighted by Crippen LogP contribution is 2.45. The molecule has 2 aromatic heterocycles. The first-order valence-corrected chi connectivity index (χ1v) is 10.8. The minimum Gasteiger partial charge on any atom is -0.481 e. The van der Waals surface area contributed by atoms with E-state index in [1.807, 2.05) is 6.07 Å². The summed E-state index contributed by atoms with van der Waals surface area (Å²) in [6.45, 7) is 4.47. The summed E-state index contributed by atoms with van der Waals surface area (Å²) in [7, 11) is 3.13. The zero-order valence-corrected chi connectivity index (χ0v) is 18.0. The molecule has 0 aromatic carbocycles. The lowest BCUT2D eigenvalue weighted by atomic mass is 9.76. The zero-order valence-electron chi connectivity index (χ0n) is 18.0. The second kappa shape index (κ2) is 7.99. The van der Waals surface area contributed by atoms with Crippen molar-refractivity contribution in [3.05, 3.63) is 27.7 Å². The van der Waals surface area contributed by atoms with E-state index in [2.05, 4.69) is 24.8 Å². The SMILES string of the molecule is COc1cc(N2CCC3(CCc4c3nc(N3CCOCC3)[nH]c4=O)CC2)nc(OC)n1. The lowest BCUT2D eigenvalue weighted by Crippen LogP contribution is -2.43. The highest BCUT2D eigenvalue weighted by molar-refractivity contribution is 5.46. The number of H-pyrrole nitrogens is 1. The third-order valence-corrected chi connectivity index (χ3v) is 6.77. The average Bonchev–Trinajstić information content (AvgIpc) is 3.18. The van der Waals surface area contributed by atoms with Crippen LogP contribution in [-0.4, -0.2) is 73.5 Å². The fourth-order valence-corrected chi connectivity index (χ4v) is 4.96. The molecule has 4 heterocycles. The Labute approximate surface area is 180 Å². The summed E-state index contributed by atoms with van der Waals surface area (Å²) >= 11 is 0. The molecule has 1 spiro atoms. The van der Waals surface area contributed by atoms with E-state index in [0.717, 1.165) is 68.9 Å². The molecule has 0 radical (unpaired) electrons. The number of hydrogen-bond donors (Lipinski definition) is 1. The van der Waals surface area contributed by atoms with Crippen molar-refractivity contribution >= 4 is 11.8 Å². The maximum Gasteiger partial charge on any atom is 0.321 e. The zero-order chi connectivity index (χ0) is 21.4. The van der Waals surface area contributed by atoms with Crippen molar-refractivity contribution in [3.8, 4) is 11.9 Å². The number of nitrogens with zero attached hydrogens (tertiary/aromatic N) is 5. The molecular formula is C21H28N6O4. The first-order chi connectivity index (χ1) is 15.1. The number of morpholine rings is 1. The molecular weight excluding hydrogens is 400 g/mol. The summed E-state index contributed by atoms with van der Waals surface area (Å²) in [6, 6.07) is 2.13. The van der Waals surface area contributed by atoms with Crippen molar-refractivity contribution in [1.29, 1.82) is 0 Å². The number of hydrogen-bond acceptors (Lipinski definition) is 9. The van der Waals surface area contributed by atoms with Crippen molar-refractivity contribution < 1.29 is 14.2 Å². The number of rotatable bonds is 4. The largest absolute Gasteiger partial charge is 0.481 e. The van der Waals surface area contributed by atoms with Crippen LogP contribution in [0.3, 0.4) is 0 Å². The van der Waals surface area contributed by atoms with Crippen molar-refractivity contribution in [1.82, 2.24) is 19.9 Å². The van der Waals surface area contributed by atoms with Gasteiger partial charge in [-0.25, -0.2) is 4.98 Å². The smallest absolute Gasteiger partial charge is 0.321 e. The summed E-state index contributed by atoms with van der Waals surface area (Å²) in [4.78, 5) is 33.9. The molecule has 5 rings (SSSR count). The van der Waals surface area contributed by atoms with Gasteiger partial charge in [0.15, 0.2) is 0 Å². The molecule has 3 aliphatic rings. The standard InChI is InChI=1S/C21H28N6O4/c1-29-16-13-15(22-20(23-16)30-2)26-7-5-21(6-8-26)4-3-14-17(21)24-19(25-18(14)28)27-9-11-31-12-10-27/h13H,3-12H2,1-2H3,(H,24,25,28). The van der Waals surface area contributed by atoms with Crippen LogP contribution in [0.1, 0.15) is 30.5 Å². The normalized spacial score (nSPS) is 20.1. The summed E-state index contributed by atoms with van der Waals surface area (Å²) < 4.78 is 16.0. The van der Waals surface area contributed by atoms with Gasteiger partial charge in [0.25, 0.3) is 5.56 Å². The molecule has 2 aromatic rings. The third-order valence-electron chi connectivity index (χ3n) is 6.77. The van der Waals surface area contributed by atoms with Crippen LogP contribution in [0.4, 0.5) is 11.8 Å². The topological polar surface area (TPSA) is 106 Å². The Kier molecular flexibility index (Phi) is 5.17. The van der Waals surface area contributed by atoms with E-state index in [4.69, 9.17) is 19.2 Å². The molecule has 0 unspecified atom stereocenters. The molecule has 10 heteroatoms. The maximum absolute atomic E-state index is 12.8. The molecule has 2 fully saturated rings. The first-order valence-electron chi connectivity index (χ1n) is 10.8. The van der Waals surface area contributed by atoms with Gasteiger partial charge >= 0.3 is 6.01 Å². The summed E-state index contributed by atoms with van der Waals surface area (Å²) in [5.41, 5.74) is 1.81. The minimum atomic E-state index is -0.0532. The lowest BCUT2D eigenvalue weighted by molar-refractivity contribution is 0.122. The number of aromatic amines is 1. The predicted molar refractivity (Wildman–Crippen MR) is 114 cm³/mol. The number of ether oxygens (including phenoxy) is 3. The van der Waals surface area contributed by atoms with E-state index in [0.29, 0.717) is 31.1 Å². The van der Waals surface area contributed by atoms with Crippen molar-refractivity contribution in [2.24, 2.45) is 0 Å². The Morgan fingerprint density at radius 1 is 1.00 bits per heavy atom. The van der Waals surface area contributed by atoms with Crippen molar-refractivity contribution in [2.45, 2.75) is 31.1 Å². The quantitative estimate of drug-likeness (QED) is 0.760. The Bertz CT molecular complexity index is 989. The monoisotopic (exact) mass is 428 g/mol. The van der Waals surface area contributed by atoms with Gasteiger partial charge in [0.1, 0.15) is 5.82 Å². The first kappa shape index (κ1) is 20.0. The number of anilines is 2. The van der Waals surface area contributed by atoms with Gasteiger partial charge in [-0.05, 0) is 25.7 Å². The van der Waals surface area contributed by atoms with Gasteiger partial charge in [-0.3, -0.25) is 9.78 Å². The van der Waals surface area contributed by atoms with Gasteiger partial charge in [-0.2, -0.15) is 9.97 Å². The second-order valence-corrected chi connectivity index (χ2v) is 8.34. The van der Waals surface area contributed by atoms with Gasteiger partial charge in [-0.15, -0.1) is 0 Å². The second-order valence-electron chi connectivity index (χ2n) is 8.34. The van der Waals surface area contributed by atoms with Crippen LogP contribution in [0, 0.1) is 0 Å². The van der Waals surface area contributed by atoms with Crippen LogP contribution in [0.5, 0.6) is 11.9 Å². The summed E-state index contributed by atoms with van der Waals surface area (Å²) in [5.74, 6) is 1.96. The fourth-order valence-electron chi connectivity index (χ4n) is 4.96. The van der Waals surface area contributed by atoms with Crippen molar-refractivity contribution in [2.75, 3.05) is 63.4 Å². The molecule has 1 N–H and O–H groups in total. The molecule has 0 bridgehead atoms. The number of aromatic nitrogens is 4. The number of fused-ring (bicyclic) bond motifs is 2. The molecule has 31 heavy (non-hydrogen) atoms. The van der Waals surface area contributed by atoms with Gasteiger partial charge in [0.2, 0.25) is 11.8 Å². The van der Waals surface area contributed by atoms with E-state index in [9.17, 15) is 4.79 Å². The maximum atomic E-state index is 12.8. The molecule has 166 valence electrons. The Hall–Kier alpha value is -2.88.